The lowest BCUT2D eigenvalue weighted by molar-refractivity contribution is -0.142. The average Bonchev–Trinajstić information content (AvgIpc) is 2.60. The molecule has 3 heteroatoms. The standard InChI is InChI=1S/C15H27NO2/c1-3-12-5-4-6-13(8-7-12)16-9-11(2)14(10-16)15(17)18/h11-14H,3-10H2,1-2H3,(H,17,18)/t11-,12?,13?,14-/m1/s1. The maximum absolute atomic E-state index is 11.2. The summed E-state index contributed by atoms with van der Waals surface area (Å²) in [7, 11) is 0. The van der Waals surface area contributed by atoms with Crippen molar-refractivity contribution in [2.45, 2.75) is 58.4 Å². The highest BCUT2D eigenvalue weighted by molar-refractivity contribution is 5.71. The van der Waals surface area contributed by atoms with Crippen molar-refractivity contribution in [1.82, 2.24) is 4.90 Å². The van der Waals surface area contributed by atoms with Gasteiger partial charge in [-0.1, -0.05) is 33.1 Å². The summed E-state index contributed by atoms with van der Waals surface area (Å²) in [5.41, 5.74) is 0. The molecule has 1 N–H and O–H groups in total. The molecule has 0 aromatic heterocycles. The van der Waals surface area contributed by atoms with Gasteiger partial charge in [0.1, 0.15) is 0 Å². The number of hydrogen-bond acceptors (Lipinski definition) is 2. The summed E-state index contributed by atoms with van der Waals surface area (Å²) in [6, 6.07) is 0.647. The van der Waals surface area contributed by atoms with Crippen LogP contribution in [0.15, 0.2) is 0 Å². The van der Waals surface area contributed by atoms with Crippen LogP contribution in [-0.4, -0.2) is 35.1 Å². The summed E-state index contributed by atoms with van der Waals surface area (Å²) in [6.45, 7) is 6.14. The second kappa shape index (κ2) is 6.05. The number of carbonyl (C=O) groups is 1. The molecule has 18 heavy (non-hydrogen) atoms. The van der Waals surface area contributed by atoms with Gasteiger partial charge in [-0.2, -0.15) is 0 Å². The molecule has 2 fully saturated rings. The third-order valence-electron chi connectivity index (χ3n) is 5.11. The van der Waals surface area contributed by atoms with Gasteiger partial charge in [0.15, 0.2) is 0 Å². The predicted octanol–water partition coefficient (Wildman–Crippen LogP) is 3.00. The Kier molecular flexibility index (Phi) is 4.66. The molecule has 1 aliphatic heterocycles. The highest BCUT2D eigenvalue weighted by Gasteiger charge is 2.37. The molecule has 1 saturated heterocycles. The molecule has 0 aromatic carbocycles. The van der Waals surface area contributed by atoms with Crippen LogP contribution in [0, 0.1) is 17.8 Å². The largest absolute Gasteiger partial charge is 0.481 e. The van der Waals surface area contributed by atoms with Crippen molar-refractivity contribution in [3.63, 3.8) is 0 Å². The van der Waals surface area contributed by atoms with Gasteiger partial charge in [-0.05, 0) is 31.1 Å². The normalized spacial score (nSPS) is 38.6. The molecule has 2 aliphatic rings. The van der Waals surface area contributed by atoms with Crippen molar-refractivity contribution in [2.75, 3.05) is 13.1 Å². The van der Waals surface area contributed by atoms with E-state index < -0.39 is 5.97 Å². The van der Waals surface area contributed by atoms with E-state index >= 15 is 0 Å². The SMILES string of the molecule is CCC1CCCC(N2C[C@@H](C)[C@H](C(=O)O)C2)CC1. The Balaban J connectivity index is 1.90. The lowest BCUT2D eigenvalue weighted by Gasteiger charge is -2.26. The van der Waals surface area contributed by atoms with Crippen LogP contribution in [0.2, 0.25) is 0 Å². The van der Waals surface area contributed by atoms with Gasteiger partial charge in [-0.25, -0.2) is 0 Å². The minimum Gasteiger partial charge on any atom is -0.481 e. The average molecular weight is 253 g/mol. The number of carboxylic acid groups (broad SMARTS) is 1. The fraction of sp³-hybridized carbons (Fsp3) is 0.933. The Labute approximate surface area is 111 Å². The minimum absolute atomic E-state index is 0.143. The van der Waals surface area contributed by atoms with Crippen molar-refractivity contribution in [3.05, 3.63) is 0 Å². The predicted molar refractivity (Wildman–Crippen MR) is 72.5 cm³/mol. The van der Waals surface area contributed by atoms with Crippen molar-refractivity contribution < 1.29 is 9.90 Å². The van der Waals surface area contributed by atoms with Gasteiger partial charge in [-0.3, -0.25) is 9.69 Å². The van der Waals surface area contributed by atoms with E-state index in [4.69, 9.17) is 0 Å². The molecule has 2 rings (SSSR count). The fourth-order valence-electron chi connectivity index (χ4n) is 3.76. The summed E-state index contributed by atoms with van der Waals surface area (Å²) in [5, 5.41) is 9.21. The molecule has 4 atom stereocenters. The van der Waals surface area contributed by atoms with Crippen molar-refractivity contribution in [2.24, 2.45) is 17.8 Å². The quantitative estimate of drug-likeness (QED) is 0.786. The van der Waals surface area contributed by atoms with Gasteiger partial charge in [0.2, 0.25) is 0 Å². The van der Waals surface area contributed by atoms with E-state index in [0.29, 0.717) is 12.0 Å². The molecular weight excluding hydrogens is 226 g/mol. The maximum atomic E-state index is 11.2. The van der Waals surface area contributed by atoms with E-state index in [0.717, 1.165) is 19.0 Å². The summed E-state index contributed by atoms with van der Waals surface area (Å²) in [4.78, 5) is 13.6. The molecule has 0 aromatic rings. The summed E-state index contributed by atoms with van der Waals surface area (Å²) in [6.07, 6.45) is 7.89. The van der Waals surface area contributed by atoms with Crippen LogP contribution in [0.4, 0.5) is 0 Å². The van der Waals surface area contributed by atoms with E-state index in [-0.39, 0.29) is 5.92 Å². The lowest BCUT2D eigenvalue weighted by atomic mass is 9.97. The first-order valence-electron chi connectivity index (χ1n) is 7.58. The zero-order valence-corrected chi connectivity index (χ0v) is 11.8. The zero-order chi connectivity index (χ0) is 13.1. The van der Waals surface area contributed by atoms with E-state index in [9.17, 15) is 9.90 Å². The molecule has 1 saturated carbocycles. The highest BCUT2D eigenvalue weighted by atomic mass is 16.4. The second-order valence-electron chi connectivity index (χ2n) is 6.31. The first-order valence-corrected chi connectivity index (χ1v) is 7.58. The van der Waals surface area contributed by atoms with Gasteiger partial charge in [0.05, 0.1) is 5.92 Å². The van der Waals surface area contributed by atoms with Crippen LogP contribution < -0.4 is 0 Å². The van der Waals surface area contributed by atoms with Crippen LogP contribution in [0.1, 0.15) is 52.4 Å². The van der Waals surface area contributed by atoms with Gasteiger partial charge >= 0.3 is 5.97 Å². The van der Waals surface area contributed by atoms with Gasteiger partial charge < -0.3 is 5.11 Å². The van der Waals surface area contributed by atoms with Crippen LogP contribution in [0.3, 0.4) is 0 Å². The Morgan fingerprint density at radius 3 is 2.61 bits per heavy atom. The Morgan fingerprint density at radius 2 is 2.00 bits per heavy atom. The van der Waals surface area contributed by atoms with Crippen LogP contribution in [0.5, 0.6) is 0 Å². The fourth-order valence-corrected chi connectivity index (χ4v) is 3.76. The molecule has 3 nitrogen and oxygen atoms in total. The topological polar surface area (TPSA) is 40.5 Å². The monoisotopic (exact) mass is 253 g/mol. The lowest BCUT2D eigenvalue weighted by Crippen LogP contribution is -2.33. The van der Waals surface area contributed by atoms with Crippen molar-refractivity contribution >= 4 is 5.97 Å². The molecule has 1 aliphatic carbocycles. The number of carboxylic acids is 1. The van der Waals surface area contributed by atoms with Crippen molar-refractivity contribution in [1.29, 1.82) is 0 Å². The molecule has 0 amide bonds. The van der Waals surface area contributed by atoms with Gasteiger partial charge in [0.25, 0.3) is 0 Å². The minimum atomic E-state index is -0.606. The van der Waals surface area contributed by atoms with E-state index in [2.05, 4.69) is 18.7 Å². The van der Waals surface area contributed by atoms with Crippen molar-refractivity contribution in [3.8, 4) is 0 Å². The zero-order valence-electron chi connectivity index (χ0n) is 11.8. The smallest absolute Gasteiger partial charge is 0.308 e. The third kappa shape index (κ3) is 3.05. The number of rotatable bonds is 3. The van der Waals surface area contributed by atoms with E-state index in [1.54, 1.807) is 0 Å². The van der Waals surface area contributed by atoms with Crippen LogP contribution in [0.25, 0.3) is 0 Å². The first-order chi connectivity index (χ1) is 8.61. The maximum Gasteiger partial charge on any atom is 0.308 e. The number of aliphatic carboxylic acids is 1. The molecular formula is C15H27NO2. The molecule has 2 unspecified atom stereocenters. The highest BCUT2D eigenvalue weighted by Crippen LogP contribution is 2.32. The van der Waals surface area contributed by atoms with E-state index in [1.165, 1.54) is 38.5 Å². The summed E-state index contributed by atoms with van der Waals surface area (Å²) >= 11 is 0. The van der Waals surface area contributed by atoms with Gasteiger partial charge in [0, 0.05) is 19.1 Å². The number of nitrogens with zero attached hydrogens (tertiary/aromatic N) is 1. The second-order valence-corrected chi connectivity index (χ2v) is 6.31. The number of likely N-dealkylation sites (tertiary alicyclic amines) is 1. The van der Waals surface area contributed by atoms with Gasteiger partial charge in [-0.15, -0.1) is 0 Å². The molecule has 1 heterocycles. The Hall–Kier alpha value is -0.570. The number of hydrogen-bond donors (Lipinski definition) is 1. The molecule has 0 radical (unpaired) electrons. The molecule has 104 valence electrons. The Bertz CT molecular complexity index is 292. The van der Waals surface area contributed by atoms with Crippen LogP contribution in [-0.2, 0) is 4.79 Å². The first kappa shape index (κ1) is 13.9. The molecule has 0 bridgehead atoms. The van der Waals surface area contributed by atoms with Crippen LogP contribution >= 0.6 is 0 Å². The van der Waals surface area contributed by atoms with E-state index in [1.807, 2.05) is 0 Å². The Morgan fingerprint density at radius 1 is 1.22 bits per heavy atom. The summed E-state index contributed by atoms with van der Waals surface area (Å²) in [5.74, 6) is 0.471. The summed E-state index contributed by atoms with van der Waals surface area (Å²) < 4.78 is 0. The third-order valence-corrected chi connectivity index (χ3v) is 5.11. The molecule has 0 spiro atoms.